The summed E-state index contributed by atoms with van der Waals surface area (Å²) in [5, 5.41) is 0.289. The molecule has 3 aliphatic rings. The lowest BCUT2D eigenvalue weighted by atomic mass is 10.1. The first kappa shape index (κ1) is 39.2. The third-order valence-electron chi connectivity index (χ3n) is 10.3. The van der Waals surface area contributed by atoms with E-state index in [1.807, 2.05) is 6.92 Å². The Hall–Kier alpha value is -4.00. The molecule has 4 aromatic rings. The second-order valence-corrected chi connectivity index (χ2v) is 13.6. The molecule has 1 aromatic heterocycles. The van der Waals surface area contributed by atoms with Crippen molar-refractivity contribution in [3.8, 4) is 22.9 Å². The van der Waals surface area contributed by atoms with Gasteiger partial charge in [-0.2, -0.15) is 0 Å². The Labute approximate surface area is 315 Å². The molecule has 0 radical (unpaired) electrons. The van der Waals surface area contributed by atoms with Crippen molar-refractivity contribution in [1.29, 1.82) is 0 Å². The van der Waals surface area contributed by atoms with E-state index in [0.717, 1.165) is 31.0 Å². The number of amides is 1. The zero-order valence-electron chi connectivity index (χ0n) is 30.3. The van der Waals surface area contributed by atoms with Gasteiger partial charge in [-0.1, -0.05) is 12.8 Å². The van der Waals surface area contributed by atoms with Crippen molar-refractivity contribution >= 4 is 22.5 Å². The van der Waals surface area contributed by atoms with E-state index >= 15 is 0 Å². The summed E-state index contributed by atoms with van der Waals surface area (Å²) in [6.07, 6.45) is 7.17. The summed E-state index contributed by atoms with van der Waals surface area (Å²) in [7, 11) is 1.55. The van der Waals surface area contributed by atoms with E-state index < -0.39 is 23.0 Å². The van der Waals surface area contributed by atoms with Gasteiger partial charge >= 0.3 is 0 Å². The maximum Gasteiger partial charge on any atom is 0.263 e. The molecule has 0 atom stereocenters. The Morgan fingerprint density at radius 1 is 0.827 bits per heavy atom. The van der Waals surface area contributed by atoms with Crippen LogP contribution in [-0.2, 0) is 0 Å². The molecule has 0 aliphatic carbocycles. The van der Waals surface area contributed by atoms with Crippen molar-refractivity contribution in [2.45, 2.75) is 46.0 Å². The number of methoxy groups -OCH3 is 1. The van der Waals surface area contributed by atoms with Gasteiger partial charge in [0.15, 0.2) is 0 Å². The van der Waals surface area contributed by atoms with Crippen LogP contribution in [0, 0.1) is 11.6 Å². The number of ether oxygens (including phenoxy) is 3. The van der Waals surface area contributed by atoms with Crippen molar-refractivity contribution in [2.75, 3.05) is 77.6 Å². The molecule has 4 heterocycles. The fraction of sp³-hybridized carbons (Fsp3) is 0.450. The maximum atomic E-state index is 14.2. The molecular weight excluding hydrogens is 734 g/mol. The number of carbonyl (C=O) groups is 1. The van der Waals surface area contributed by atoms with Crippen LogP contribution in [-0.4, -0.2) is 92.5 Å². The van der Waals surface area contributed by atoms with Gasteiger partial charge in [0.05, 0.1) is 57.7 Å². The first-order chi connectivity index (χ1) is 24.7. The van der Waals surface area contributed by atoms with Crippen LogP contribution < -0.4 is 41.5 Å². The number of halogens is 3. The van der Waals surface area contributed by atoms with E-state index in [-0.39, 0.29) is 40.2 Å². The van der Waals surface area contributed by atoms with Gasteiger partial charge in [-0.05, 0) is 57.4 Å². The molecule has 1 amide bonds. The Balaban J connectivity index is 0.00000523. The lowest BCUT2D eigenvalue weighted by molar-refractivity contribution is -0.941. The van der Waals surface area contributed by atoms with E-state index in [0.29, 0.717) is 41.7 Å². The molecule has 2 bridgehead atoms. The summed E-state index contributed by atoms with van der Waals surface area (Å²) in [6, 6.07) is 13.4. The maximum absolute atomic E-state index is 14.2. The van der Waals surface area contributed by atoms with Gasteiger partial charge in [-0.15, -0.1) is 0 Å². The average Bonchev–Trinajstić information content (AvgIpc) is 3.13. The molecule has 0 saturated carbocycles. The zero-order chi connectivity index (χ0) is 36.0. The Morgan fingerprint density at radius 3 is 2.17 bits per heavy atom. The molecule has 0 spiro atoms. The number of aromatic nitrogens is 1. The number of benzene rings is 3. The number of pyridine rings is 1. The Bertz CT molecular complexity index is 1880. The summed E-state index contributed by atoms with van der Waals surface area (Å²) in [5.74, 6) is -0.646. The highest BCUT2D eigenvalue weighted by molar-refractivity contribution is 6.07. The predicted molar refractivity (Wildman–Crippen MR) is 196 cm³/mol. The molecule has 3 aliphatic heterocycles. The summed E-state index contributed by atoms with van der Waals surface area (Å²) in [5.41, 5.74) is 0.471. The number of anilines is 1. The molecule has 9 nitrogen and oxygen atoms in total. The molecule has 3 aromatic carbocycles. The zero-order valence-corrected chi connectivity index (χ0v) is 31.9. The summed E-state index contributed by atoms with van der Waals surface area (Å²) < 4.78 is 48.9. The van der Waals surface area contributed by atoms with Crippen LogP contribution in [0.5, 0.6) is 17.2 Å². The molecular formula is C40H49BrF2N4O5. The van der Waals surface area contributed by atoms with Gasteiger partial charge < -0.3 is 45.1 Å². The monoisotopic (exact) mass is 782 g/mol. The number of hydrogen-bond acceptors (Lipinski definition) is 6. The standard InChI is InChI=1S/C40H49F2N4O5.BrH/c1-4-44(31-22-29(41)21-30(42)23-31)40(48)37-28-45(32-24-34(49-3)26-35(25-32)50-5-2)38-27-33(11-12-36(38)39(37)47)51-20-10-8-6-7-9-16-46-17-13-43(14-18-46)15-19-46;/h11-12,21-28H,4-10,13-20H2,1-3H3;1H/q+1;/p-1. The topological polar surface area (TPSA) is 73.2 Å². The van der Waals surface area contributed by atoms with Crippen molar-refractivity contribution < 1.29 is 49.3 Å². The van der Waals surface area contributed by atoms with Crippen LogP contribution in [0.1, 0.15) is 56.3 Å². The second-order valence-electron chi connectivity index (χ2n) is 13.6. The van der Waals surface area contributed by atoms with Crippen LogP contribution in [0.3, 0.4) is 0 Å². The molecule has 3 saturated heterocycles. The number of fused-ring (bicyclic) bond motifs is 4. The fourth-order valence-corrected chi connectivity index (χ4v) is 7.44. The van der Waals surface area contributed by atoms with Gasteiger partial charge in [0.2, 0.25) is 5.43 Å². The first-order valence-corrected chi connectivity index (χ1v) is 18.2. The van der Waals surface area contributed by atoms with Crippen LogP contribution in [0.4, 0.5) is 14.5 Å². The van der Waals surface area contributed by atoms with Crippen LogP contribution in [0.15, 0.2) is 65.6 Å². The number of carbonyl (C=O) groups excluding carboxylic acids is 1. The third-order valence-corrected chi connectivity index (χ3v) is 10.3. The lowest BCUT2D eigenvalue weighted by Gasteiger charge is -2.50. The number of unbranched alkanes of at least 4 members (excludes halogenated alkanes) is 4. The number of quaternary nitrogens is 1. The minimum Gasteiger partial charge on any atom is -1.00 e. The number of nitrogens with zero attached hydrogens (tertiary/aromatic N) is 4. The number of rotatable bonds is 16. The highest BCUT2D eigenvalue weighted by Crippen LogP contribution is 2.30. The Morgan fingerprint density at radius 2 is 1.50 bits per heavy atom. The number of piperazine rings is 3. The van der Waals surface area contributed by atoms with E-state index in [9.17, 15) is 18.4 Å². The normalized spacial score (nSPS) is 17.8. The van der Waals surface area contributed by atoms with E-state index in [2.05, 4.69) is 4.90 Å². The molecule has 0 unspecified atom stereocenters. The molecule has 12 heteroatoms. The minimum atomic E-state index is -0.821. The molecule has 52 heavy (non-hydrogen) atoms. The molecule has 7 rings (SSSR count). The quantitative estimate of drug-likeness (QED) is 0.127. The van der Waals surface area contributed by atoms with Crippen LogP contribution >= 0.6 is 0 Å². The molecule has 0 N–H and O–H groups in total. The summed E-state index contributed by atoms with van der Waals surface area (Å²) in [6.45, 7) is 13.6. The van der Waals surface area contributed by atoms with Crippen molar-refractivity contribution in [3.63, 3.8) is 0 Å². The Kier molecular flexibility index (Phi) is 13.3. The van der Waals surface area contributed by atoms with Crippen molar-refractivity contribution in [2.24, 2.45) is 0 Å². The van der Waals surface area contributed by atoms with Gasteiger partial charge in [0, 0.05) is 73.8 Å². The first-order valence-electron chi connectivity index (χ1n) is 18.2. The largest absolute Gasteiger partial charge is 1.00 e. The van der Waals surface area contributed by atoms with Gasteiger partial charge in [0.1, 0.15) is 34.4 Å². The minimum absolute atomic E-state index is 0. The van der Waals surface area contributed by atoms with Crippen molar-refractivity contribution in [1.82, 2.24) is 9.47 Å². The third kappa shape index (κ3) is 8.95. The highest BCUT2D eigenvalue weighted by atomic mass is 79.9. The van der Waals surface area contributed by atoms with Gasteiger partial charge in [0.25, 0.3) is 5.91 Å². The van der Waals surface area contributed by atoms with Crippen molar-refractivity contribution in [3.05, 3.63) is 88.2 Å². The van der Waals surface area contributed by atoms with Crippen LogP contribution in [0.25, 0.3) is 16.6 Å². The van der Waals surface area contributed by atoms with Gasteiger partial charge in [-0.25, -0.2) is 8.78 Å². The summed E-state index contributed by atoms with van der Waals surface area (Å²) in [4.78, 5) is 31.7. The smallest absolute Gasteiger partial charge is 0.263 e. The van der Waals surface area contributed by atoms with Gasteiger partial charge in [-0.3, -0.25) is 14.5 Å². The summed E-state index contributed by atoms with van der Waals surface area (Å²) >= 11 is 0. The SMILES string of the molecule is CCOc1cc(OC)cc(-n2cc(C(=O)N(CC)c3cc(F)cc(F)c3)c(=O)c3ccc(OCCCCCCC[N+]45CCN(CC4)CC5)cc32)c1.[Br-]. The molecule has 280 valence electrons. The fourth-order valence-electron chi connectivity index (χ4n) is 7.44. The number of hydrogen-bond donors (Lipinski definition) is 0. The predicted octanol–water partition coefficient (Wildman–Crippen LogP) is 3.82. The average molecular weight is 784 g/mol. The van der Waals surface area contributed by atoms with Crippen LogP contribution in [0.2, 0.25) is 0 Å². The lowest BCUT2D eigenvalue weighted by Crippen LogP contribution is -3.00. The van der Waals surface area contributed by atoms with E-state index in [1.165, 1.54) is 80.7 Å². The molecule has 3 fully saturated rings. The van der Waals surface area contributed by atoms with E-state index in [1.54, 1.807) is 55.0 Å². The second kappa shape index (κ2) is 17.7. The van der Waals surface area contributed by atoms with E-state index in [4.69, 9.17) is 14.2 Å². The highest BCUT2D eigenvalue weighted by Gasteiger charge is 2.37.